The van der Waals surface area contributed by atoms with Gasteiger partial charge in [0.15, 0.2) is 0 Å². The first-order chi connectivity index (χ1) is 8.62. The van der Waals surface area contributed by atoms with E-state index < -0.39 is 0 Å². The molecule has 2 nitrogen and oxygen atoms in total. The normalized spacial score (nSPS) is 24.4. The van der Waals surface area contributed by atoms with Crippen molar-refractivity contribution in [1.82, 2.24) is 10.2 Å². The van der Waals surface area contributed by atoms with Crippen LogP contribution in [0.3, 0.4) is 0 Å². The van der Waals surface area contributed by atoms with E-state index in [1.165, 1.54) is 38.0 Å². The van der Waals surface area contributed by atoms with Gasteiger partial charge in [-0.25, -0.2) is 0 Å². The molecule has 0 spiro atoms. The van der Waals surface area contributed by atoms with Gasteiger partial charge in [0.25, 0.3) is 0 Å². The molecule has 0 aliphatic carbocycles. The summed E-state index contributed by atoms with van der Waals surface area (Å²) < 4.78 is 0. The second kappa shape index (κ2) is 7.13. The predicted octanol–water partition coefficient (Wildman–Crippen LogP) is 3.28. The van der Waals surface area contributed by atoms with Crippen LogP contribution in [0.1, 0.15) is 31.4 Å². The lowest BCUT2D eigenvalue weighted by Crippen LogP contribution is -2.44. The number of likely N-dealkylation sites (tertiary alicyclic amines) is 1. The lowest BCUT2D eigenvalue weighted by Gasteiger charge is -2.30. The van der Waals surface area contributed by atoms with Crippen LogP contribution >= 0.6 is 24.8 Å². The second-order valence-electron chi connectivity index (χ2n) is 6.70. The molecule has 2 aliphatic rings. The van der Waals surface area contributed by atoms with Crippen molar-refractivity contribution in [1.29, 1.82) is 0 Å². The van der Waals surface area contributed by atoms with E-state index in [0.29, 0.717) is 11.5 Å². The van der Waals surface area contributed by atoms with Crippen LogP contribution in [-0.4, -0.2) is 30.6 Å². The third-order valence-electron chi connectivity index (χ3n) is 4.40. The van der Waals surface area contributed by atoms with Crippen LogP contribution in [0.5, 0.6) is 0 Å². The predicted molar refractivity (Wildman–Crippen MR) is 90.1 cm³/mol. The number of hydrogen-bond donors (Lipinski definition) is 1. The molecule has 2 aliphatic heterocycles. The van der Waals surface area contributed by atoms with Crippen LogP contribution in [-0.2, 0) is 13.0 Å². The Hall–Kier alpha value is -0.280. The van der Waals surface area contributed by atoms with Crippen LogP contribution in [0, 0.1) is 5.41 Å². The Kier molecular flexibility index (Phi) is 6.33. The molecular formula is C16H26Cl2N2. The Morgan fingerprint density at radius 1 is 1.20 bits per heavy atom. The molecule has 2 heterocycles. The highest BCUT2D eigenvalue weighted by atomic mass is 35.5. The first-order valence-electron chi connectivity index (χ1n) is 7.15. The molecule has 1 aromatic carbocycles. The van der Waals surface area contributed by atoms with Gasteiger partial charge < -0.3 is 10.2 Å². The van der Waals surface area contributed by atoms with E-state index in [1.807, 2.05) is 0 Å². The van der Waals surface area contributed by atoms with Crippen LogP contribution < -0.4 is 5.32 Å². The van der Waals surface area contributed by atoms with Gasteiger partial charge in [0.1, 0.15) is 0 Å². The van der Waals surface area contributed by atoms with Crippen LogP contribution in [0.15, 0.2) is 24.3 Å². The number of rotatable bonds is 2. The summed E-state index contributed by atoms with van der Waals surface area (Å²) in [6.45, 7) is 9.54. The highest BCUT2D eigenvalue weighted by molar-refractivity contribution is 5.85. The van der Waals surface area contributed by atoms with E-state index in [-0.39, 0.29) is 24.8 Å². The number of benzene rings is 1. The van der Waals surface area contributed by atoms with E-state index in [9.17, 15) is 0 Å². The molecule has 4 heteroatoms. The van der Waals surface area contributed by atoms with E-state index in [0.717, 1.165) is 6.54 Å². The van der Waals surface area contributed by atoms with Crippen molar-refractivity contribution in [2.24, 2.45) is 5.41 Å². The third-order valence-corrected chi connectivity index (χ3v) is 4.40. The maximum Gasteiger partial charge on any atom is 0.0238 e. The fourth-order valence-corrected chi connectivity index (χ4v) is 3.34. The van der Waals surface area contributed by atoms with Crippen molar-refractivity contribution in [3.05, 3.63) is 35.4 Å². The number of nitrogens with one attached hydrogen (secondary N) is 1. The molecule has 0 bridgehead atoms. The average Bonchev–Trinajstić information content (AvgIpc) is 2.68. The largest absolute Gasteiger partial charge is 0.308 e. The Morgan fingerprint density at radius 3 is 2.55 bits per heavy atom. The quantitative estimate of drug-likeness (QED) is 0.900. The van der Waals surface area contributed by atoms with Gasteiger partial charge in [0.05, 0.1) is 0 Å². The van der Waals surface area contributed by atoms with Gasteiger partial charge in [-0.3, -0.25) is 0 Å². The molecule has 0 radical (unpaired) electrons. The van der Waals surface area contributed by atoms with Crippen LogP contribution in [0.2, 0.25) is 0 Å². The summed E-state index contributed by atoms with van der Waals surface area (Å²) in [7, 11) is 0. The van der Waals surface area contributed by atoms with Crippen LogP contribution in [0.4, 0.5) is 0 Å². The summed E-state index contributed by atoms with van der Waals surface area (Å²) in [6, 6.07) is 9.48. The molecule has 20 heavy (non-hydrogen) atoms. The summed E-state index contributed by atoms with van der Waals surface area (Å²) in [6.07, 6.45) is 2.53. The molecule has 1 saturated heterocycles. The van der Waals surface area contributed by atoms with Crippen molar-refractivity contribution >= 4 is 24.8 Å². The fourth-order valence-electron chi connectivity index (χ4n) is 3.34. The average molecular weight is 317 g/mol. The molecule has 0 unspecified atom stereocenters. The first-order valence-corrected chi connectivity index (χ1v) is 7.15. The molecule has 1 atom stereocenters. The number of halogens is 2. The number of hydrogen-bond acceptors (Lipinski definition) is 2. The van der Waals surface area contributed by atoms with E-state index >= 15 is 0 Å². The highest BCUT2D eigenvalue weighted by Gasteiger charge is 2.30. The number of nitrogens with zero attached hydrogens (tertiary/aromatic N) is 1. The topological polar surface area (TPSA) is 15.3 Å². The third kappa shape index (κ3) is 4.11. The van der Waals surface area contributed by atoms with Gasteiger partial charge in [-0.1, -0.05) is 38.1 Å². The van der Waals surface area contributed by atoms with Gasteiger partial charge in [0.2, 0.25) is 0 Å². The zero-order chi connectivity index (χ0) is 12.6. The Morgan fingerprint density at radius 2 is 1.90 bits per heavy atom. The van der Waals surface area contributed by atoms with Gasteiger partial charge >= 0.3 is 0 Å². The Bertz CT molecular complexity index is 434. The number of fused-ring (bicyclic) bond motifs is 1. The lowest BCUT2D eigenvalue weighted by molar-refractivity contribution is 0.254. The summed E-state index contributed by atoms with van der Waals surface area (Å²) in [5.74, 6) is 0. The molecule has 1 N–H and O–H groups in total. The maximum atomic E-state index is 3.69. The first kappa shape index (κ1) is 17.8. The molecule has 1 aromatic rings. The Labute approximate surface area is 135 Å². The zero-order valence-electron chi connectivity index (χ0n) is 12.4. The summed E-state index contributed by atoms with van der Waals surface area (Å²) in [5.41, 5.74) is 3.54. The minimum atomic E-state index is 0. The summed E-state index contributed by atoms with van der Waals surface area (Å²) >= 11 is 0. The molecular weight excluding hydrogens is 291 g/mol. The van der Waals surface area contributed by atoms with Crippen molar-refractivity contribution in [2.75, 3.05) is 19.6 Å². The Balaban J connectivity index is 0.000001000. The lowest BCUT2D eigenvalue weighted by atomic mass is 9.93. The van der Waals surface area contributed by atoms with Gasteiger partial charge in [-0.2, -0.15) is 0 Å². The van der Waals surface area contributed by atoms with E-state index in [1.54, 1.807) is 5.56 Å². The van der Waals surface area contributed by atoms with E-state index in [4.69, 9.17) is 0 Å². The molecule has 0 amide bonds. The highest BCUT2D eigenvalue weighted by Crippen LogP contribution is 2.29. The molecule has 3 rings (SSSR count). The fraction of sp³-hybridized carbons (Fsp3) is 0.625. The summed E-state index contributed by atoms with van der Waals surface area (Å²) in [4.78, 5) is 2.63. The van der Waals surface area contributed by atoms with Gasteiger partial charge in [-0.05, 0) is 35.9 Å². The van der Waals surface area contributed by atoms with Crippen molar-refractivity contribution < 1.29 is 0 Å². The zero-order valence-corrected chi connectivity index (χ0v) is 14.0. The smallest absolute Gasteiger partial charge is 0.0238 e. The standard InChI is InChI=1S/C16H24N2.2ClH/c1-16(2)7-8-18(12-16)11-15-9-13-5-3-4-6-14(13)10-17-15;;/h3-6,15,17H,7-12H2,1-2H3;2*1H/t15-;;/m0../s1. The van der Waals surface area contributed by atoms with Gasteiger partial charge in [-0.15, -0.1) is 24.8 Å². The minimum Gasteiger partial charge on any atom is -0.308 e. The molecule has 1 fully saturated rings. The molecule has 0 aromatic heterocycles. The van der Waals surface area contributed by atoms with Crippen molar-refractivity contribution in [3.63, 3.8) is 0 Å². The monoisotopic (exact) mass is 316 g/mol. The summed E-state index contributed by atoms with van der Waals surface area (Å²) in [5, 5.41) is 3.69. The minimum absolute atomic E-state index is 0. The second-order valence-corrected chi connectivity index (χ2v) is 6.70. The maximum absolute atomic E-state index is 3.69. The molecule has 114 valence electrons. The van der Waals surface area contributed by atoms with Crippen molar-refractivity contribution in [3.8, 4) is 0 Å². The molecule has 0 saturated carbocycles. The van der Waals surface area contributed by atoms with Crippen molar-refractivity contribution in [2.45, 2.75) is 39.3 Å². The SMILES string of the molecule is CC1(C)CCN(C[C@@H]2Cc3ccccc3CN2)C1.Cl.Cl. The van der Waals surface area contributed by atoms with E-state index in [2.05, 4.69) is 48.3 Å². The van der Waals surface area contributed by atoms with Gasteiger partial charge in [0, 0.05) is 25.7 Å². The van der Waals surface area contributed by atoms with Crippen LogP contribution in [0.25, 0.3) is 0 Å².